The van der Waals surface area contributed by atoms with Crippen molar-refractivity contribution in [2.24, 2.45) is 17.8 Å². The third-order valence-corrected chi connectivity index (χ3v) is 8.68. The van der Waals surface area contributed by atoms with Gasteiger partial charge < -0.3 is 15.0 Å². The number of ether oxygens (including phenoxy) is 1. The molecule has 8 nitrogen and oxygen atoms in total. The molecule has 190 valence electrons. The normalized spacial score (nSPS) is 28.9. The van der Waals surface area contributed by atoms with Crippen molar-refractivity contribution in [1.82, 2.24) is 20.4 Å². The average molecular weight is 491 g/mol. The van der Waals surface area contributed by atoms with Gasteiger partial charge in [-0.3, -0.25) is 14.4 Å². The van der Waals surface area contributed by atoms with Crippen molar-refractivity contribution < 1.29 is 14.3 Å². The summed E-state index contributed by atoms with van der Waals surface area (Å²) in [6.07, 6.45) is 7.05. The first-order chi connectivity index (χ1) is 17.4. The summed E-state index contributed by atoms with van der Waals surface area (Å²) in [6, 6.07) is 7.62. The number of carbonyl (C=O) groups excluding carboxylic acids is 2. The molecule has 0 spiro atoms. The number of likely N-dealkylation sites (tertiary alicyclic amines) is 1. The number of amides is 2. The van der Waals surface area contributed by atoms with E-state index in [-0.39, 0.29) is 35.4 Å². The molecular formula is C28H34N4O4. The van der Waals surface area contributed by atoms with E-state index in [2.05, 4.69) is 22.4 Å². The van der Waals surface area contributed by atoms with Crippen molar-refractivity contribution in [3.05, 3.63) is 57.0 Å². The van der Waals surface area contributed by atoms with Crippen LogP contribution in [0.2, 0.25) is 0 Å². The van der Waals surface area contributed by atoms with Gasteiger partial charge in [0.1, 0.15) is 11.9 Å². The molecule has 3 heterocycles. The number of benzene rings is 1. The molecule has 8 heteroatoms. The van der Waals surface area contributed by atoms with Gasteiger partial charge in [0, 0.05) is 43.1 Å². The van der Waals surface area contributed by atoms with Gasteiger partial charge in [0.15, 0.2) is 0 Å². The first kappa shape index (κ1) is 23.3. The first-order valence-corrected chi connectivity index (χ1v) is 13.4. The molecule has 1 aromatic carbocycles. The van der Waals surface area contributed by atoms with Crippen LogP contribution in [-0.2, 0) is 24.1 Å². The van der Waals surface area contributed by atoms with Crippen LogP contribution in [0.25, 0.3) is 0 Å². The Labute approximate surface area is 210 Å². The van der Waals surface area contributed by atoms with Crippen molar-refractivity contribution in [3.63, 3.8) is 0 Å². The van der Waals surface area contributed by atoms with Crippen LogP contribution in [0.4, 0.5) is 0 Å². The second-order valence-electron chi connectivity index (χ2n) is 11.2. The summed E-state index contributed by atoms with van der Waals surface area (Å²) in [5, 5.41) is 9.93. The van der Waals surface area contributed by atoms with Gasteiger partial charge >= 0.3 is 0 Å². The lowest BCUT2D eigenvalue weighted by Crippen LogP contribution is -2.50. The molecule has 2 aliphatic heterocycles. The highest BCUT2D eigenvalue weighted by Gasteiger charge is 2.38. The van der Waals surface area contributed by atoms with Crippen molar-refractivity contribution in [2.75, 3.05) is 13.1 Å². The zero-order chi connectivity index (χ0) is 24.8. The van der Waals surface area contributed by atoms with Crippen LogP contribution in [0.3, 0.4) is 0 Å². The maximum absolute atomic E-state index is 13.3. The van der Waals surface area contributed by atoms with Gasteiger partial charge in [-0.05, 0) is 93.0 Å². The molecule has 2 aliphatic carbocycles. The van der Waals surface area contributed by atoms with E-state index in [0.717, 1.165) is 86.2 Å². The second kappa shape index (κ2) is 9.37. The van der Waals surface area contributed by atoms with Gasteiger partial charge in [0.25, 0.3) is 11.5 Å². The monoisotopic (exact) mass is 490 g/mol. The number of H-pyrrole nitrogens is 1. The third-order valence-electron chi connectivity index (χ3n) is 8.68. The van der Waals surface area contributed by atoms with Crippen molar-refractivity contribution in [3.8, 4) is 5.75 Å². The summed E-state index contributed by atoms with van der Waals surface area (Å²) in [5.41, 5.74) is 3.48. The Morgan fingerprint density at radius 1 is 1.08 bits per heavy atom. The standard InChI is InChI=1S/C28H34N4O4/c1-16-10-22-12-19(4-7-25(22)36-16)28(35)32-9-8-17-13-23(5-2-20(17)15-32)29-27(34)18-3-6-24-21(11-18)14-26(33)31-30-24/h4,7,12,14,16-18,20,23H,2-3,5-6,8-11,13,15H2,1H3,(H,29,34)(H,31,33). The molecular weight excluding hydrogens is 456 g/mol. The van der Waals surface area contributed by atoms with E-state index in [1.807, 2.05) is 23.1 Å². The van der Waals surface area contributed by atoms with Crippen molar-refractivity contribution in [2.45, 2.75) is 70.4 Å². The van der Waals surface area contributed by atoms with E-state index in [9.17, 15) is 14.4 Å². The number of piperidine rings is 1. The number of hydrogen-bond donors (Lipinski definition) is 2. The quantitative estimate of drug-likeness (QED) is 0.688. The minimum atomic E-state index is -0.210. The van der Waals surface area contributed by atoms with Crippen LogP contribution in [0.5, 0.6) is 5.75 Å². The van der Waals surface area contributed by atoms with E-state index in [1.165, 1.54) is 0 Å². The fourth-order valence-corrected chi connectivity index (χ4v) is 6.75. The Hall–Kier alpha value is -3.16. The van der Waals surface area contributed by atoms with E-state index in [0.29, 0.717) is 18.3 Å². The minimum Gasteiger partial charge on any atom is -0.490 e. The number of carbonyl (C=O) groups is 2. The van der Waals surface area contributed by atoms with Gasteiger partial charge in [-0.15, -0.1) is 0 Å². The molecule has 1 saturated heterocycles. The average Bonchev–Trinajstić information content (AvgIpc) is 3.26. The Bertz CT molecular complexity index is 1240. The number of nitrogens with one attached hydrogen (secondary N) is 2. The summed E-state index contributed by atoms with van der Waals surface area (Å²) >= 11 is 0. The van der Waals surface area contributed by atoms with E-state index >= 15 is 0 Å². The first-order valence-electron chi connectivity index (χ1n) is 13.4. The molecule has 6 rings (SSSR count). The van der Waals surface area contributed by atoms with Crippen LogP contribution in [0.15, 0.2) is 29.1 Å². The Morgan fingerprint density at radius 3 is 2.86 bits per heavy atom. The molecule has 4 aliphatic rings. The lowest BCUT2D eigenvalue weighted by Gasteiger charge is -2.44. The smallest absolute Gasteiger partial charge is 0.264 e. The van der Waals surface area contributed by atoms with Gasteiger partial charge in [-0.1, -0.05) is 0 Å². The number of fused-ring (bicyclic) bond motifs is 3. The van der Waals surface area contributed by atoms with Crippen molar-refractivity contribution in [1.29, 1.82) is 0 Å². The number of aromatic nitrogens is 2. The van der Waals surface area contributed by atoms with E-state index in [4.69, 9.17) is 4.74 Å². The molecule has 0 bridgehead atoms. The van der Waals surface area contributed by atoms with E-state index in [1.54, 1.807) is 6.07 Å². The minimum absolute atomic E-state index is 0.0981. The lowest BCUT2D eigenvalue weighted by molar-refractivity contribution is -0.126. The summed E-state index contributed by atoms with van der Waals surface area (Å²) in [6.45, 7) is 3.62. The summed E-state index contributed by atoms with van der Waals surface area (Å²) in [5.74, 6) is 2.06. The summed E-state index contributed by atoms with van der Waals surface area (Å²) < 4.78 is 5.78. The Kier molecular flexibility index (Phi) is 6.05. The molecule has 36 heavy (non-hydrogen) atoms. The zero-order valence-corrected chi connectivity index (χ0v) is 20.8. The molecule has 5 unspecified atom stereocenters. The Balaban J connectivity index is 1.03. The topological polar surface area (TPSA) is 104 Å². The third kappa shape index (κ3) is 4.53. The number of hydrogen-bond acceptors (Lipinski definition) is 5. The highest BCUT2D eigenvalue weighted by Crippen LogP contribution is 2.37. The van der Waals surface area contributed by atoms with Crippen LogP contribution < -0.4 is 15.6 Å². The predicted molar refractivity (Wildman–Crippen MR) is 134 cm³/mol. The number of nitrogens with zero attached hydrogens (tertiary/aromatic N) is 2. The van der Waals surface area contributed by atoms with Crippen LogP contribution in [0.1, 0.15) is 66.2 Å². The fourth-order valence-electron chi connectivity index (χ4n) is 6.75. The molecule has 2 N–H and O–H groups in total. The van der Waals surface area contributed by atoms with Gasteiger partial charge in [0.2, 0.25) is 5.91 Å². The molecule has 2 aromatic rings. The highest BCUT2D eigenvalue weighted by molar-refractivity contribution is 5.94. The highest BCUT2D eigenvalue weighted by atomic mass is 16.5. The second-order valence-corrected chi connectivity index (χ2v) is 11.2. The number of rotatable bonds is 3. The molecule has 1 aromatic heterocycles. The van der Waals surface area contributed by atoms with E-state index < -0.39 is 0 Å². The molecule has 2 fully saturated rings. The maximum Gasteiger partial charge on any atom is 0.264 e. The molecule has 1 saturated carbocycles. The van der Waals surface area contributed by atoms with Crippen LogP contribution in [0, 0.1) is 17.8 Å². The molecule has 0 radical (unpaired) electrons. The Morgan fingerprint density at radius 2 is 1.97 bits per heavy atom. The van der Waals surface area contributed by atoms with Gasteiger partial charge in [0.05, 0.1) is 5.69 Å². The maximum atomic E-state index is 13.3. The fraction of sp³-hybridized carbons (Fsp3) is 0.571. The molecule has 2 amide bonds. The van der Waals surface area contributed by atoms with Crippen LogP contribution >= 0.6 is 0 Å². The number of aromatic amines is 1. The van der Waals surface area contributed by atoms with Crippen LogP contribution in [-0.4, -0.2) is 52.1 Å². The molecule has 5 atom stereocenters. The summed E-state index contributed by atoms with van der Waals surface area (Å²) in [7, 11) is 0. The van der Waals surface area contributed by atoms with Crippen molar-refractivity contribution >= 4 is 11.8 Å². The van der Waals surface area contributed by atoms with Gasteiger partial charge in [-0.2, -0.15) is 5.10 Å². The predicted octanol–water partition coefficient (Wildman–Crippen LogP) is 2.65. The SMILES string of the molecule is CC1Cc2cc(C(=O)N3CCC4CC(NC(=O)C5CCc6n[nH]c(=O)cc6C5)CCC4C3)ccc2O1. The number of aryl methyl sites for hydroxylation is 1. The summed E-state index contributed by atoms with van der Waals surface area (Å²) in [4.78, 5) is 39.9. The largest absolute Gasteiger partial charge is 0.490 e. The zero-order valence-electron chi connectivity index (χ0n) is 20.8. The lowest BCUT2D eigenvalue weighted by atomic mass is 9.73. The van der Waals surface area contributed by atoms with Gasteiger partial charge in [-0.25, -0.2) is 5.10 Å².